The van der Waals surface area contributed by atoms with Crippen LogP contribution >= 0.6 is 0 Å². The average Bonchev–Trinajstić information content (AvgIpc) is 2.82. The van der Waals surface area contributed by atoms with Gasteiger partial charge in [-0.3, -0.25) is 9.69 Å². The summed E-state index contributed by atoms with van der Waals surface area (Å²) in [6.07, 6.45) is 2.19. The van der Waals surface area contributed by atoms with Crippen molar-refractivity contribution < 1.29 is 4.79 Å². The van der Waals surface area contributed by atoms with E-state index >= 15 is 0 Å². The van der Waals surface area contributed by atoms with Crippen molar-refractivity contribution in [2.75, 3.05) is 4.90 Å². The van der Waals surface area contributed by atoms with E-state index in [0.717, 1.165) is 16.8 Å². The molecular weight excluding hydrogens is 258 g/mol. The number of carbonyl (C=O) groups excluding carboxylic acids is 1. The number of allylic oxidation sites excluding steroid dienone is 1. The van der Waals surface area contributed by atoms with Gasteiger partial charge in [-0.1, -0.05) is 49.4 Å². The van der Waals surface area contributed by atoms with Gasteiger partial charge in [0.25, 0.3) is 5.91 Å². The maximum Gasteiger partial charge on any atom is 0.259 e. The molecule has 1 amide bonds. The number of fused-ring (bicyclic) bond motifs is 5. The molecule has 2 aromatic rings. The largest absolute Gasteiger partial charge is 0.300 e. The lowest BCUT2D eigenvalue weighted by Crippen LogP contribution is -2.36. The molecule has 0 radical (unpaired) electrons. The van der Waals surface area contributed by atoms with E-state index < -0.39 is 0 Å². The van der Waals surface area contributed by atoms with Gasteiger partial charge in [0.05, 0.1) is 11.7 Å². The van der Waals surface area contributed by atoms with Crippen LogP contribution in [-0.2, 0) is 0 Å². The van der Waals surface area contributed by atoms with Crippen LogP contribution in [0.3, 0.4) is 0 Å². The van der Waals surface area contributed by atoms with Gasteiger partial charge in [-0.2, -0.15) is 0 Å². The zero-order valence-electron chi connectivity index (χ0n) is 12.2. The van der Waals surface area contributed by atoms with Crippen molar-refractivity contribution in [1.29, 1.82) is 0 Å². The van der Waals surface area contributed by atoms with Gasteiger partial charge < -0.3 is 0 Å². The normalized spacial score (nSPS) is 24.8. The molecule has 0 fully saturated rings. The SMILES string of the molecule is C/C=C1\c2ccccc2N2C(=O)c3ccccc3[C@H]2[C@@H]1C. The van der Waals surface area contributed by atoms with Crippen molar-refractivity contribution in [1.82, 2.24) is 0 Å². The zero-order valence-corrected chi connectivity index (χ0v) is 12.2. The molecule has 0 aliphatic carbocycles. The maximum atomic E-state index is 12.8. The minimum atomic E-state index is 0.120. The minimum Gasteiger partial charge on any atom is -0.300 e. The van der Waals surface area contributed by atoms with Crippen LogP contribution in [-0.4, -0.2) is 5.91 Å². The molecular formula is C19H17NO. The second-order valence-corrected chi connectivity index (χ2v) is 5.76. The minimum absolute atomic E-state index is 0.120. The fraction of sp³-hybridized carbons (Fsp3) is 0.211. The maximum absolute atomic E-state index is 12.8. The van der Waals surface area contributed by atoms with Crippen LogP contribution in [0.4, 0.5) is 5.69 Å². The van der Waals surface area contributed by atoms with Crippen LogP contribution in [0.5, 0.6) is 0 Å². The number of hydrogen-bond donors (Lipinski definition) is 0. The number of para-hydroxylation sites is 1. The van der Waals surface area contributed by atoms with Crippen LogP contribution in [0.2, 0.25) is 0 Å². The Morgan fingerprint density at radius 1 is 1.00 bits per heavy atom. The fourth-order valence-corrected chi connectivity index (χ4v) is 3.86. The number of hydrogen-bond acceptors (Lipinski definition) is 1. The standard InChI is InChI=1S/C19H17NO/c1-3-13-12(2)18-15-9-4-5-10-16(15)19(21)20(18)17-11-7-6-8-14(13)17/h3-12,18H,1-2H3/b13-3-/t12-,18-/m1/s1. The van der Waals surface area contributed by atoms with Gasteiger partial charge in [-0.25, -0.2) is 0 Å². The quantitative estimate of drug-likeness (QED) is 0.696. The lowest BCUT2D eigenvalue weighted by molar-refractivity contribution is 0.0987. The van der Waals surface area contributed by atoms with E-state index in [-0.39, 0.29) is 11.9 Å². The molecule has 2 aliphatic heterocycles. The predicted molar refractivity (Wildman–Crippen MR) is 85.2 cm³/mol. The molecule has 2 aromatic carbocycles. The monoisotopic (exact) mass is 275 g/mol. The third-order valence-corrected chi connectivity index (χ3v) is 4.76. The Hall–Kier alpha value is -2.35. The van der Waals surface area contributed by atoms with Gasteiger partial charge >= 0.3 is 0 Å². The summed E-state index contributed by atoms with van der Waals surface area (Å²) in [6.45, 7) is 4.30. The second kappa shape index (κ2) is 4.32. The molecule has 2 heteroatoms. The summed E-state index contributed by atoms with van der Waals surface area (Å²) in [7, 11) is 0. The van der Waals surface area contributed by atoms with Gasteiger partial charge in [0.1, 0.15) is 0 Å². The Morgan fingerprint density at radius 2 is 1.67 bits per heavy atom. The Labute approximate surface area is 124 Å². The van der Waals surface area contributed by atoms with Crippen LogP contribution in [0, 0.1) is 5.92 Å². The second-order valence-electron chi connectivity index (χ2n) is 5.76. The first kappa shape index (κ1) is 12.4. The summed E-state index contributed by atoms with van der Waals surface area (Å²) in [5, 5.41) is 0. The molecule has 21 heavy (non-hydrogen) atoms. The van der Waals surface area contributed by atoms with Gasteiger partial charge in [0.2, 0.25) is 0 Å². The molecule has 0 bridgehead atoms. The highest BCUT2D eigenvalue weighted by Gasteiger charge is 2.45. The molecule has 4 rings (SSSR count). The predicted octanol–water partition coefficient (Wildman–Crippen LogP) is 4.44. The van der Waals surface area contributed by atoms with Crippen molar-refractivity contribution in [3.8, 4) is 0 Å². The molecule has 104 valence electrons. The van der Waals surface area contributed by atoms with Crippen LogP contribution < -0.4 is 4.90 Å². The summed E-state index contributed by atoms with van der Waals surface area (Å²) in [5.41, 5.74) is 5.56. The lowest BCUT2D eigenvalue weighted by Gasteiger charge is -2.38. The fourth-order valence-electron chi connectivity index (χ4n) is 3.86. The zero-order chi connectivity index (χ0) is 14.6. The molecule has 0 saturated carbocycles. The highest BCUT2D eigenvalue weighted by molar-refractivity contribution is 6.13. The lowest BCUT2D eigenvalue weighted by atomic mass is 9.80. The first-order valence-electron chi connectivity index (χ1n) is 7.42. The Balaban J connectivity index is 2.02. The van der Waals surface area contributed by atoms with Crippen molar-refractivity contribution in [3.63, 3.8) is 0 Å². The average molecular weight is 275 g/mol. The molecule has 2 atom stereocenters. The Kier molecular flexibility index (Phi) is 2.55. The molecule has 0 aromatic heterocycles. The molecule has 0 saturated heterocycles. The van der Waals surface area contributed by atoms with Crippen LogP contribution in [0.15, 0.2) is 54.6 Å². The summed E-state index contributed by atoms with van der Waals surface area (Å²) >= 11 is 0. The van der Waals surface area contributed by atoms with Crippen molar-refractivity contribution >= 4 is 17.2 Å². The Bertz CT molecular complexity index is 775. The number of benzene rings is 2. The van der Waals surface area contributed by atoms with E-state index in [2.05, 4.69) is 38.1 Å². The van der Waals surface area contributed by atoms with Crippen molar-refractivity contribution in [2.45, 2.75) is 19.9 Å². The van der Waals surface area contributed by atoms with E-state index in [1.807, 2.05) is 35.2 Å². The number of rotatable bonds is 0. The van der Waals surface area contributed by atoms with E-state index in [4.69, 9.17) is 0 Å². The number of anilines is 1. The Morgan fingerprint density at radius 3 is 2.43 bits per heavy atom. The molecule has 0 unspecified atom stereocenters. The van der Waals surface area contributed by atoms with Gasteiger partial charge in [-0.05, 0) is 30.2 Å². The number of nitrogens with zero attached hydrogens (tertiary/aromatic N) is 1. The third kappa shape index (κ3) is 1.50. The molecule has 0 N–H and O–H groups in total. The van der Waals surface area contributed by atoms with E-state index in [1.165, 1.54) is 11.1 Å². The summed E-state index contributed by atoms with van der Waals surface area (Å²) in [6, 6.07) is 16.4. The third-order valence-electron chi connectivity index (χ3n) is 4.76. The first-order valence-corrected chi connectivity index (χ1v) is 7.42. The van der Waals surface area contributed by atoms with Gasteiger partial charge in [0, 0.05) is 17.0 Å². The van der Waals surface area contributed by atoms with E-state index in [9.17, 15) is 4.79 Å². The summed E-state index contributed by atoms with van der Waals surface area (Å²) in [5.74, 6) is 0.433. The first-order chi connectivity index (χ1) is 10.2. The van der Waals surface area contributed by atoms with Gasteiger partial charge in [0.15, 0.2) is 0 Å². The summed E-state index contributed by atoms with van der Waals surface area (Å²) in [4.78, 5) is 14.8. The highest BCUT2D eigenvalue weighted by Crippen LogP contribution is 2.52. The van der Waals surface area contributed by atoms with Crippen LogP contribution in [0.1, 0.15) is 41.4 Å². The van der Waals surface area contributed by atoms with Crippen molar-refractivity contribution in [2.24, 2.45) is 5.92 Å². The highest BCUT2D eigenvalue weighted by atomic mass is 16.2. The molecule has 0 spiro atoms. The topological polar surface area (TPSA) is 20.3 Å². The molecule has 2 heterocycles. The van der Waals surface area contributed by atoms with E-state index in [1.54, 1.807) is 0 Å². The molecule has 2 aliphatic rings. The number of carbonyl (C=O) groups is 1. The number of amides is 1. The van der Waals surface area contributed by atoms with Gasteiger partial charge in [-0.15, -0.1) is 0 Å². The van der Waals surface area contributed by atoms with E-state index in [0.29, 0.717) is 5.92 Å². The smallest absolute Gasteiger partial charge is 0.259 e. The van der Waals surface area contributed by atoms with Crippen molar-refractivity contribution in [3.05, 3.63) is 71.3 Å². The molecule has 2 nitrogen and oxygen atoms in total. The summed E-state index contributed by atoms with van der Waals surface area (Å²) < 4.78 is 0. The van der Waals surface area contributed by atoms with Crippen LogP contribution in [0.25, 0.3) is 5.57 Å².